The van der Waals surface area contributed by atoms with Crippen LogP contribution in [0.15, 0.2) is 10.6 Å². The fraction of sp³-hybridized carbons (Fsp3) is 0.500. The third-order valence-corrected chi connectivity index (χ3v) is 2.67. The Bertz CT molecular complexity index is 465. The molecule has 1 aromatic heterocycles. The summed E-state index contributed by atoms with van der Waals surface area (Å²) in [5.74, 6) is -0.788. The molecule has 0 fully saturated rings. The van der Waals surface area contributed by atoms with E-state index in [4.69, 9.17) is 9.63 Å². The molecule has 0 aliphatic heterocycles. The van der Waals surface area contributed by atoms with Crippen LogP contribution in [-0.4, -0.2) is 43.2 Å². The van der Waals surface area contributed by atoms with Gasteiger partial charge in [-0.25, -0.2) is 13.2 Å². The van der Waals surface area contributed by atoms with Crippen molar-refractivity contribution in [2.75, 3.05) is 18.6 Å². The molecular formula is C8H12N2O5S. The van der Waals surface area contributed by atoms with Crippen molar-refractivity contribution in [1.82, 2.24) is 10.5 Å². The molecule has 90 valence electrons. The summed E-state index contributed by atoms with van der Waals surface area (Å²) in [4.78, 5) is 10.5. The molecule has 0 unspecified atom stereocenters. The van der Waals surface area contributed by atoms with Crippen LogP contribution in [0, 0.1) is 0 Å². The molecule has 0 saturated carbocycles. The summed E-state index contributed by atoms with van der Waals surface area (Å²) in [5, 5.41) is 14.7. The number of carboxylic acids is 1. The first-order chi connectivity index (χ1) is 7.38. The minimum atomic E-state index is -2.99. The van der Waals surface area contributed by atoms with Crippen LogP contribution >= 0.6 is 0 Å². The predicted molar refractivity (Wildman–Crippen MR) is 54.9 cm³/mol. The molecule has 2 N–H and O–H groups in total. The van der Waals surface area contributed by atoms with Crippen molar-refractivity contribution in [2.24, 2.45) is 0 Å². The highest BCUT2D eigenvalue weighted by molar-refractivity contribution is 7.90. The Balaban J connectivity index is 2.35. The summed E-state index contributed by atoms with van der Waals surface area (Å²) in [6.45, 7) is 0.526. The monoisotopic (exact) mass is 248 g/mol. The summed E-state index contributed by atoms with van der Waals surface area (Å²) < 4.78 is 26.3. The van der Waals surface area contributed by atoms with Gasteiger partial charge in [-0.2, -0.15) is 0 Å². The lowest BCUT2D eigenvalue weighted by molar-refractivity contribution is 0.0685. The number of carboxylic acid groups (broad SMARTS) is 1. The zero-order chi connectivity index (χ0) is 12.2. The largest absolute Gasteiger partial charge is 0.476 e. The van der Waals surface area contributed by atoms with Crippen molar-refractivity contribution in [2.45, 2.75) is 6.54 Å². The maximum Gasteiger partial charge on any atom is 0.358 e. The summed E-state index contributed by atoms with van der Waals surface area (Å²) in [6, 6.07) is 1.29. The highest BCUT2D eigenvalue weighted by atomic mass is 32.2. The van der Waals surface area contributed by atoms with Gasteiger partial charge in [-0.15, -0.1) is 0 Å². The van der Waals surface area contributed by atoms with E-state index in [0.29, 0.717) is 5.76 Å². The summed E-state index contributed by atoms with van der Waals surface area (Å²) >= 11 is 0. The standard InChI is InChI=1S/C8H12N2O5S/c1-16(13,14)3-2-9-5-6-4-7(8(11)12)10-15-6/h4,9H,2-3,5H2,1H3,(H,11,12). The molecule has 1 rings (SSSR count). The molecule has 0 radical (unpaired) electrons. The lowest BCUT2D eigenvalue weighted by Crippen LogP contribution is -2.21. The van der Waals surface area contributed by atoms with E-state index >= 15 is 0 Å². The molecule has 0 aromatic carbocycles. The Labute approximate surface area is 92.4 Å². The summed E-state index contributed by atoms with van der Waals surface area (Å²) in [5.41, 5.74) is -0.167. The van der Waals surface area contributed by atoms with Gasteiger partial charge in [0.25, 0.3) is 0 Å². The van der Waals surface area contributed by atoms with E-state index in [2.05, 4.69) is 10.5 Å². The molecule has 0 atom stereocenters. The van der Waals surface area contributed by atoms with E-state index in [1.165, 1.54) is 6.07 Å². The van der Waals surface area contributed by atoms with Crippen molar-refractivity contribution in [3.05, 3.63) is 17.5 Å². The highest BCUT2D eigenvalue weighted by Gasteiger charge is 2.10. The predicted octanol–water partition coefficient (Wildman–Crippen LogP) is -0.493. The molecule has 1 heterocycles. The van der Waals surface area contributed by atoms with Crippen molar-refractivity contribution in [3.8, 4) is 0 Å². The van der Waals surface area contributed by atoms with E-state index in [-0.39, 0.29) is 24.5 Å². The second kappa shape index (κ2) is 5.08. The fourth-order valence-corrected chi connectivity index (χ4v) is 1.48. The Kier molecular flexibility index (Phi) is 4.02. The smallest absolute Gasteiger partial charge is 0.358 e. The zero-order valence-electron chi connectivity index (χ0n) is 8.63. The van der Waals surface area contributed by atoms with E-state index in [1.54, 1.807) is 0 Å². The van der Waals surface area contributed by atoms with Gasteiger partial charge in [-0.1, -0.05) is 5.16 Å². The van der Waals surface area contributed by atoms with Gasteiger partial charge >= 0.3 is 5.97 Å². The van der Waals surface area contributed by atoms with Gasteiger partial charge in [-0.05, 0) is 0 Å². The normalized spacial score (nSPS) is 11.6. The Morgan fingerprint density at radius 3 is 2.81 bits per heavy atom. The van der Waals surface area contributed by atoms with Crippen LogP contribution in [0.2, 0.25) is 0 Å². The van der Waals surface area contributed by atoms with Crippen molar-refractivity contribution >= 4 is 15.8 Å². The van der Waals surface area contributed by atoms with E-state index in [0.717, 1.165) is 6.26 Å². The van der Waals surface area contributed by atoms with Gasteiger partial charge < -0.3 is 14.9 Å². The lowest BCUT2D eigenvalue weighted by atomic mass is 10.3. The number of carbonyl (C=O) groups is 1. The highest BCUT2D eigenvalue weighted by Crippen LogP contribution is 2.02. The van der Waals surface area contributed by atoms with Crippen molar-refractivity contribution in [1.29, 1.82) is 0 Å². The second-order valence-electron chi connectivity index (χ2n) is 3.29. The van der Waals surface area contributed by atoms with Crippen molar-refractivity contribution < 1.29 is 22.8 Å². The third-order valence-electron chi connectivity index (χ3n) is 1.73. The molecule has 0 saturated heterocycles. The average Bonchev–Trinajstić information content (AvgIpc) is 2.59. The SMILES string of the molecule is CS(=O)(=O)CCNCc1cc(C(=O)O)no1. The second-order valence-corrected chi connectivity index (χ2v) is 5.55. The van der Waals surface area contributed by atoms with E-state index in [9.17, 15) is 13.2 Å². The Morgan fingerprint density at radius 1 is 1.62 bits per heavy atom. The molecule has 0 aliphatic rings. The minimum Gasteiger partial charge on any atom is -0.476 e. The summed E-state index contributed by atoms with van der Waals surface area (Å²) in [6.07, 6.45) is 1.14. The molecule has 0 bridgehead atoms. The van der Waals surface area contributed by atoms with Gasteiger partial charge in [0.05, 0.1) is 12.3 Å². The quantitative estimate of drug-likeness (QED) is 0.653. The Morgan fingerprint density at radius 2 is 2.31 bits per heavy atom. The van der Waals surface area contributed by atoms with Gasteiger partial charge in [0, 0.05) is 18.9 Å². The van der Waals surface area contributed by atoms with Crippen LogP contribution in [0.1, 0.15) is 16.2 Å². The minimum absolute atomic E-state index is 0.0208. The number of rotatable bonds is 6. The number of nitrogens with one attached hydrogen (secondary N) is 1. The number of hydrogen-bond acceptors (Lipinski definition) is 6. The Hall–Kier alpha value is -1.41. The number of aromatic carboxylic acids is 1. The molecule has 1 aromatic rings. The average molecular weight is 248 g/mol. The van der Waals surface area contributed by atoms with Gasteiger partial charge in [0.1, 0.15) is 9.84 Å². The van der Waals surface area contributed by atoms with Crippen LogP contribution in [0.5, 0.6) is 0 Å². The zero-order valence-corrected chi connectivity index (χ0v) is 9.45. The lowest BCUT2D eigenvalue weighted by Gasteiger charge is -1.99. The number of hydrogen-bond donors (Lipinski definition) is 2. The fourth-order valence-electron chi connectivity index (χ4n) is 0.966. The molecular weight excluding hydrogens is 236 g/mol. The van der Waals surface area contributed by atoms with E-state index < -0.39 is 15.8 Å². The first-order valence-corrected chi connectivity index (χ1v) is 6.52. The van der Waals surface area contributed by atoms with Crippen LogP contribution in [0.3, 0.4) is 0 Å². The van der Waals surface area contributed by atoms with Gasteiger partial charge in [-0.3, -0.25) is 0 Å². The first-order valence-electron chi connectivity index (χ1n) is 4.46. The molecule has 0 spiro atoms. The topological polar surface area (TPSA) is 110 Å². The molecule has 0 aliphatic carbocycles. The van der Waals surface area contributed by atoms with Crippen LogP contribution in [-0.2, 0) is 16.4 Å². The van der Waals surface area contributed by atoms with Crippen LogP contribution in [0.25, 0.3) is 0 Å². The first kappa shape index (κ1) is 12.7. The maximum atomic E-state index is 10.8. The van der Waals surface area contributed by atoms with Gasteiger partial charge in [0.2, 0.25) is 0 Å². The molecule has 16 heavy (non-hydrogen) atoms. The van der Waals surface area contributed by atoms with Crippen LogP contribution < -0.4 is 5.32 Å². The van der Waals surface area contributed by atoms with Gasteiger partial charge in [0.15, 0.2) is 11.5 Å². The number of sulfone groups is 1. The van der Waals surface area contributed by atoms with Crippen LogP contribution in [0.4, 0.5) is 0 Å². The number of nitrogens with zero attached hydrogens (tertiary/aromatic N) is 1. The van der Waals surface area contributed by atoms with Crippen molar-refractivity contribution in [3.63, 3.8) is 0 Å². The third kappa shape index (κ3) is 4.41. The van der Waals surface area contributed by atoms with E-state index in [1.807, 2.05) is 0 Å². The summed E-state index contributed by atoms with van der Waals surface area (Å²) in [7, 11) is -2.99. The number of aromatic nitrogens is 1. The molecule has 8 heteroatoms. The maximum absolute atomic E-state index is 10.8. The molecule has 0 amide bonds. The molecule has 7 nitrogen and oxygen atoms in total.